The number of nitrogens with zero attached hydrogens (tertiary/aromatic N) is 2. The molecule has 0 unspecified atom stereocenters. The molecule has 1 aromatic carbocycles. The Morgan fingerprint density at radius 1 is 1.22 bits per heavy atom. The van der Waals surface area contributed by atoms with Gasteiger partial charge in [0, 0.05) is 11.4 Å². The zero-order chi connectivity index (χ0) is 19.2. The van der Waals surface area contributed by atoms with Crippen LogP contribution >= 0.6 is 22.7 Å². The highest BCUT2D eigenvalue weighted by atomic mass is 32.1. The summed E-state index contributed by atoms with van der Waals surface area (Å²) < 4.78 is 5.89. The molecule has 142 valence electrons. The molecular formula is C21H24N2O2S2. The summed E-state index contributed by atoms with van der Waals surface area (Å²) in [4.78, 5) is 20.2. The Kier molecular flexibility index (Phi) is 6.63. The van der Waals surface area contributed by atoms with Gasteiger partial charge < -0.3 is 9.64 Å². The number of hydrogen-bond acceptors (Lipinski definition) is 5. The molecule has 1 amide bonds. The molecule has 2 aromatic heterocycles. The Morgan fingerprint density at radius 3 is 2.74 bits per heavy atom. The predicted octanol–water partition coefficient (Wildman–Crippen LogP) is 5.53. The lowest BCUT2D eigenvalue weighted by atomic mass is 10.2. The van der Waals surface area contributed by atoms with Gasteiger partial charge in [-0.3, -0.25) is 4.79 Å². The molecule has 3 aromatic rings. The molecule has 0 aliphatic carbocycles. The highest BCUT2D eigenvalue weighted by Gasteiger charge is 2.22. The van der Waals surface area contributed by atoms with Crippen molar-refractivity contribution in [3.8, 4) is 5.75 Å². The standard InChI is InChI=1S/C21H24N2O2S2/c1-4-16(3)23(21(24)19-10-7-11-26-19)12-17-14-27-20(22-17)13-25-18-9-6-5-8-15(18)2/h5-11,14,16H,4,12-13H2,1-3H3/t16-/m1/s1. The monoisotopic (exact) mass is 400 g/mol. The first-order valence-corrected chi connectivity index (χ1v) is 10.8. The summed E-state index contributed by atoms with van der Waals surface area (Å²) in [6.45, 7) is 7.18. The van der Waals surface area contributed by atoms with Crippen LogP contribution in [-0.2, 0) is 13.2 Å². The Morgan fingerprint density at radius 2 is 2.04 bits per heavy atom. The second kappa shape index (κ2) is 9.15. The molecule has 0 fully saturated rings. The van der Waals surface area contributed by atoms with Gasteiger partial charge in [0.1, 0.15) is 17.4 Å². The highest BCUT2D eigenvalue weighted by Crippen LogP contribution is 2.22. The molecule has 0 spiro atoms. The number of aromatic nitrogens is 1. The number of rotatable bonds is 8. The number of ether oxygens (including phenoxy) is 1. The molecule has 0 bridgehead atoms. The highest BCUT2D eigenvalue weighted by molar-refractivity contribution is 7.12. The van der Waals surface area contributed by atoms with Crippen LogP contribution < -0.4 is 4.74 Å². The lowest BCUT2D eigenvalue weighted by molar-refractivity contribution is 0.0674. The van der Waals surface area contributed by atoms with Gasteiger partial charge in [-0.15, -0.1) is 22.7 Å². The van der Waals surface area contributed by atoms with E-state index in [1.807, 2.05) is 59.0 Å². The number of thiophene rings is 1. The van der Waals surface area contributed by atoms with Crippen LogP contribution in [0.2, 0.25) is 0 Å². The van der Waals surface area contributed by atoms with Crippen LogP contribution in [0.5, 0.6) is 5.75 Å². The molecule has 4 nitrogen and oxygen atoms in total. The summed E-state index contributed by atoms with van der Waals surface area (Å²) in [7, 11) is 0. The van der Waals surface area contributed by atoms with Gasteiger partial charge in [-0.05, 0) is 43.3 Å². The molecule has 27 heavy (non-hydrogen) atoms. The van der Waals surface area contributed by atoms with E-state index in [0.29, 0.717) is 13.2 Å². The van der Waals surface area contributed by atoms with Gasteiger partial charge in [-0.1, -0.05) is 31.2 Å². The average Bonchev–Trinajstić information content (AvgIpc) is 3.36. The summed E-state index contributed by atoms with van der Waals surface area (Å²) in [5.74, 6) is 0.952. The summed E-state index contributed by atoms with van der Waals surface area (Å²) in [6, 6.07) is 11.9. The second-order valence-corrected chi connectivity index (χ2v) is 8.34. The van der Waals surface area contributed by atoms with Crippen molar-refractivity contribution in [2.75, 3.05) is 0 Å². The molecule has 0 saturated heterocycles. The fourth-order valence-corrected chi connectivity index (χ4v) is 4.09. The van der Waals surface area contributed by atoms with E-state index < -0.39 is 0 Å². The van der Waals surface area contributed by atoms with Crippen molar-refractivity contribution in [2.45, 2.75) is 46.4 Å². The van der Waals surface area contributed by atoms with E-state index in [1.165, 1.54) is 11.3 Å². The van der Waals surface area contributed by atoms with Crippen LogP contribution in [0, 0.1) is 6.92 Å². The lowest BCUT2D eigenvalue weighted by Gasteiger charge is -2.27. The Bertz CT molecular complexity index is 874. The van der Waals surface area contributed by atoms with Gasteiger partial charge >= 0.3 is 0 Å². The zero-order valence-corrected chi connectivity index (χ0v) is 17.5. The minimum atomic E-state index is 0.0741. The Balaban J connectivity index is 1.67. The van der Waals surface area contributed by atoms with Crippen LogP contribution in [0.4, 0.5) is 0 Å². The first kappa shape index (κ1) is 19.6. The maximum absolute atomic E-state index is 12.9. The molecule has 0 radical (unpaired) electrons. The molecule has 2 heterocycles. The Labute approximate surface area is 168 Å². The van der Waals surface area contributed by atoms with Crippen molar-refractivity contribution in [1.29, 1.82) is 0 Å². The van der Waals surface area contributed by atoms with Crippen molar-refractivity contribution >= 4 is 28.6 Å². The van der Waals surface area contributed by atoms with Gasteiger partial charge in [0.05, 0.1) is 17.1 Å². The van der Waals surface area contributed by atoms with Crippen molar-refractivity contribution < 1.29 is 9.53 Å². The fraction of sp³-hybridized carbons (Fsp3) is 0.333. The first-order chi connectivity index (χ1) is 13.1. The summed E-state index contributed by atoms with van der Waals surface area (Å²) in [6.07, 6.45) is 0.907. The molecule has 0 aliphatic heterocycles. The van der Waals surface area contributed by atoms with E-state index in [-0.39, 0.29) is 11.9 Å². The quantitative estimate of drug-likeness (QED) is 0.499. The number of aryl methyl sites for hydroxylation is 1. The minimum absolute atomic E-state index is 0.0741. The Hall–Kier alpha value is -2.18. The molecule has 0 N–H and O–H groups in total. The minimum Gasteiger partial charge on any atom is -0.486 e. The van der Waals surface area contributed by atoms with Gasteiger partial charge in [0.2, 0.25) is 0 Å². The first-order valence-electron chi connectivity index (χ1n) is 9.04. The van der Waals surface area contributed by atoms with E-state index in [2.05, 4.69) is 18.8 Å². The van der Waals surface area contributed by atoms with E-state index in [1.54, 1.807) is 11.3 Å². The smallest absolute Gasteiger partial charge is 0.264 e. The van der Waals surface area contributed by atoms with Crippen LogP contribution in [0.15, 0.2) is 47.2 Å². The normalized spacial score (nSPS) is 12.0. The van der Waals surface area contributed by atoms with Crippen molar-refractivity contribution in [1.82, 2.24) is 9.88 Å². The number of hydrogen-bond donors (Lipinski definition) is 0. The molecule has 6 heteroatoms. The largest absolute Gasteiger partial charge is 0.486 e. The van der Waals surface area contributed by atoms with Crippen LogP contribution in [0.1, 0.15) is 46.2 Å². The van der Waals surface area contributed by atoms with Gasteiger partial charge in [-0.25, -0.2) is 4.98 Å². The SMILES string of the molecule is CC[C@@H](C)N(Cc1csc(COc2ccccc2C)n1)C(=O)c1cccs1. The van der Waals surface area contributed by atoms with Crippen molar-refractivity contribution in [3.05, 3.63) is 68.3 Å². The van der Waals surface area contributed by atoms with Crippen molar-refractivity contribution in [3.63, 3.8) is 0 Å². The van der Waals surface area contributed by atoms with E-state index in [4.69, 9.17) is 4.74 Å². The zero-order valence-electron chi connectivity index (χ0n) is 15.8. The van der Waals surface area contributed by atoms with E-state index >= 15 is 0 Å². The van der Waals surface area contributed by atoms with E-state index in [9.17, 15) is 4.79 Å². The molecule has 1 atom stereocenters. The average molecular weight is 401 g/mol. The van der Waals surface area contributed by atoms with Gasteiger partial charge in [0.25, 0.3) is 5.91 Å². The second-order valence-electron chi connectivity index (χ2n) is 6.45. The van der Waals surface area contributed by atoms with Gasteiger partial charge in [0.15, 0.2) is 0 Å². The molecule has 0 aliphatic rings. The number of para-hydroxylation sites is 1. The van der Waals surface area contributed by atoms with Gasteiger partial charge in [-0.2, -0.15) is 0 Å². The van der Waals surface area contributed by atoms with E-state index in [0.717, 1.165) is 33.3 Å². The summed E-state index contributed by atoms with van der Waals surface area (Å²) in [5.41, 5.74) is 2.02. The molecular weight excluding hydrogens is 376 g/mol. The van der Waals surface area contributed by atoms with Crippen LogP contribution in [0.25, 0.3) is 0 Å². The predicted molar refractivity (Wildman–Crippen MR) is 112 cm³/mol. The maximum Gasteiger partial charge on any atom is 0.264 e. The van der Waals surface area contributed by atoms with Crippen LogP contribution in [0.3, 0.4) is 0 Å². The third-order valence-corrected chi connectivity index (χ3v) is 6.22. The topological polar surface area (TPSA) is 42.4 Å². The number of amides is 1. The molecule has 3 rings (SSSR count). The summed E-state index contributed by atoms with van der Waals surface area (Å²) in [5, 5.41) is 4.88. The number of thiazole rings is 1. The third-order valence-electron chi connectivity index (χ3n) is 4.49. The third kappa shape index (κ3) is 4.96. The maximum atomic E-state index is 12.9. The number of benzene rings is 1. The number of carbonyl (C=O) groups excluding carboxylic acids is 1. The van der Waals surface area contributed by atoms with Crippen molar-refractivity contribution in [2.24, 2.45) is 0 Å². The van der Waals surface area contributed by atoms with Crippen LogP contribution in [-0.4, -0.2) is 21.8 Å². The lowest BCUT2D eigenvalue weighted by Crippen LogP contribution is -2.37. The molecule has 0 saturated carbocycles. The summed E-state index contributed by atoms with van der Waals surface area (Å²) >= 11 is 3.05. The fourth-order valence-electron chi connectivity index (χ4n) is 2.71. The number of carbonyl (C=O) groups is 1.